The molecule has 0 radical (unpaired) electrons. The van der Waals surface area contributed by atoms with Gasteiger partial charge in [0.25, 0.3) is 0 Å². The molecule has 0 aliphatic carbocycles. The molecule has 2 N–H and O–H groups in total. The van der Waals surface area contributed by atoms with Crippen LogP contribution in [0.2, 0.25) is 0 Å². The van der Waals surface area contributed by atoms with Gasteiger partial charge in [-0.15, -0.1) is 0 Å². The van der Waals surface area contributed by atoms with Crippen molar-refractivity contribution < 1.29 is 23.7 Å². The summed E-state index contributed by atoms with van der Waals surface area (Å²) in [6, 6.07) is 0. The van der Waals surface area contributed by atoms with Crippen molar-refractivity contribution in [2.24, 2.45) is 5.73 Å². The monoisotopic (exact) mass is 277 g/mol. The van der Waals surface area contributed by atoms with Crippen LogP contribution in [0.3, 0.4) is 0 Å². The molecular formula is C13H27NO5. The molecule has 0 bridgehead atoms. The standard InChI is InChI=1S/C13H27NO5/c1-13(14,12(15)17-3)6-4-8-18-10-11-19-9-5-7-16-2/h4-11,14H2,1-3H3. The van der Waals surface area contributed by atoms with E-state index in [2.05, 4.69) is 4.74 Å². The zero-order chi connectivity index (χ0) is 14.6. The van der Waals surface area contributed by atoms with E-state index in [1.807, 2.05) is 0 Å². The van der Waals surface area contributed by atoms with Crippen LogP contribution in [-0.4, -0.2) is 58.8 Å². The van der Waals surface area contributed by atoms with Crippen LogP contribution < -0.4 is 5.73 Å². The second-order valence-electron chi connectivity index (χ2n) is 4.58. The lowest BCUT2D eigenvalue weighted by Gasteiger charge is -2.20. The van der Waals surface area contributed by atoms with Crippen molar-refractivity contribution in [3.63, 3.8) is 0 Å². The molecule has 0 aliphatic heterocycles. The molecule has 1 atom stereocenters. The first-order valence-corrected chi connectivity index (χ1v) is 6.56. The van der Waals surface area contributed by atoms with E-state index in [0.717, 1.165) is 6.42 Å². The van der Waals surface area contributed by atoms with Gasteiger partial charge in [-0.2, -0.15) is 0 Å². The summed E-state index contributed by atoms with van der Waals surface area (Å²) in [4.78, 5) is 11.3. The van der Waals surface area contributed by atoms with Gasteiger partial charge in [-0.3, -0.25) is 4.79 Å². The van der Waals surface area contributed by atoms with Gasteiger partial charge < -0.3 is 24.7 Å². The molecule has 0 aliphatic rings. The molecule has 19 heavy (non-hydrogen) atoms. The Morgan fingerprint density at radius 1 is 1.00 bits per heavy atom. The van der Waals surface area contributed by atoms with E-state index in [0.29, 0.717) is 45.9 Å². The zero-order valence-corrected chi connectivity index (χ0v) is 12.3. The average Bonchev–Trinajstić information content (AvgIpc) is 2.39. The maximum absolute atomic E-state index is 11.3. The summed E-state index contributed by atoms with van der Waals surface area (Å²) in [6.07, 6.45) is 2.14. The molecule has 0 heterocycles. The van der Waals surface area contributed by atoms with Crippen molar-refractivity contribution in [1.82, 2.24) is 0 Å². The molecule has 6 nitrogen and oxygen atoms in total. The third kappa shape index (κ3) is 9.84. The number of hydrogen-bond donors (Lipinski definition) is 1. The van der Waals surface area contributed by atoms with E-state index < -0.39 is 11.5 Å². The molecule has 1 unspecified atom stereocenters. The Balaban J connectivity index is 3.33. The van der Waals surface area contributed by atoms with Crippen molar-refractivity contribution in [2.45, 2.75) is 31.7 Å². The molecule has 0 saturated heterocycles. The number of carbonyl (C=O) groups is 1. The predicted octanol–water partition coefficient (Wildman–Crippen LogP) is 0.727. The Bertz CT molecular complexity index is 233. The SMILES string of the molecule is COCCCOCCOCCCC(C)(N)C(=O)OC. The first-order valence-electron chi connectivity index (χ1n) is 6.56. The summed E-state index contributed by atoms with van der Waals surface area (Å²) >= 11 is 0. The molecule has 0 saturated carbocycles. The summed E-state index contributed by atoms with van der Waals surface area (Å²) in [7, 11) is 3.01. The smallest absolute Gasteiger partial charge is 0.325 e. The molecule has 114 valence electrons. The first-order chi connectivity index (χ1) is 9.04. The van der Waals surface area contributed by atoms with E-state index in [4.69, 9.17) is 19.9 Å². The number of hydrogen-bond acceptors (Lipinski definition) is 6. The van der Waals surface area contributed by atoms with Crippen LogP contribution in [0.1, 0.15) is 26.2 Å². The Morgan fingerprint density at radius 2 is 1.58 bits per heavy atom. The Kier molecular flexibility index (Phi) is 10.8. The molecule has 0 aromatic carbocycles. The lowest BCUT2D eigenvalue weighted by molar-refractivity contribution is -0.146. The number of ether oxygens (including phenoxy) is 4. The average molecular weight is 277 g/mol. The fourth-order valence-corrected chi connectivity index (χ4v) is 1.50. The Labute approximate surface area is 115 Å². The molecule has 0 rings (SSSR count). The van der Waals surface area contributed by atoms with Gasteiger partial charge in [-0.25, -0.2) is 0 Å². The molecule has 0 fully saturated rings. The highest BCUT2D eigenvalue weighted by atomic mass is 16.5. The van der Waals surface area contributed by atoms with Crippen LogP contribution in [0.15, 0.2) is 0 Å². The maximum atomic E-state index is 11.3. The molecule has 0 aromatic heterocycles. The van der Waals surface area contributed by atoms with Gasteiger partial charge in [0.05, 0.1) is 20.3 Å². The van der Waals surface area contributed by atoms with Crippen molar-refractivity contribution in [3.05, 3.63) is 0 Å². The number of methoxy groups -OCH3 is 2. The molecule has 6 heteroatoms. The maximum Gasteiger partial charge on any atom is 0.325 e. The molecule has 0 spiro atoms. The summed E-state index contributed by atoms with van der Waals surface area (Å²) in [6.45, 7) is 4.74. The van der Waals surface area contributed by atoms with E-state index in [9.17, 15) is 4.79 Å². The minimum atomic E-state index is -0.936. The summed E-state index contributed by atoms with van der Waals surface area (Å²) in [5, 5.41) is 0. The summed E-state index contributed by atoms with van der Waals surface area (Å²) < 4.78 is 20.2. The lowest BCUT2D eigenvalue weighted by Crippen LogP contribution is -2.45. The van der Waals surface area contributed by atoms with Gasteiger partial charge in [0, 0.05) is 26.9 Å². The number of rotatable bonds is 12. The Hall–Kier alpha value is -0.690. The second kappa shape index (κ2) is 11.2. The van der Waals surface area contributed by atoms with Crippen LogP contribution in [0.5, 0.6) is 0 Å². The quantitative estimate of drug-likeness (QED) is 0.418. The number of esters is 1. The molecule has 0 amide bonds. The van der Waals surface area contributed by atoms with Crippen LogP contribution in [0.25, 0.3) is 0 Å². The second-order valence-corrected chi connectivity index (χ2v) is 4.58. The van der Waals surface area contributed by atoms with Crippen LogP contribution >= 0.6 is 0 Å². The number of carbonyl (C=O) groups excluding carboxylic acids is 1. The highest BCUT2D eigenvalue weighted by Crippen LogP contribution is 2.10. The van der Waals surface area contributed by atoms with E-state index in [-0.39, 0.29) is 0 Å². The van der Waals surface area contributed by atoms with Crippen molar-refractivity contribution in [1.29, 1.82) is 0 Å². The lowest BCUT2D eigenvalue weighted by atomic mass is 9.98. The van der Waals surface area contributed by atoms with Crippen LogP contribution in [0.4, 0.5) is 0 Å². The van der Waals surface area contributed by atoms with Crippen LogP contribution in [-0.2, 0) is 23.7 Å². The third-order valence-corrected chi connectivity index (χ3v) is 2.65. The van der Waals surface area contributed by atoms with E-state index in [1.165, 1.54) is 7.11 Å². The number of nitrogens with two attached hydrogens (primary N) is 1. The highest BCUT2D eigenvalue weighted by Gasteiger charge is 2.28. The van der Waals surface area contributed by atoms with E-state index >= 15 is 0 Å². The van der Waals surface area contributed by atoms with Gasteiger partial charge in [0.1, 0.15) is 5.54 Å². The van der Waals surface area contributed by atoms with Gasteiger partial charge in [-0.05, 0) is 26.2 Å². The third-order valence-electron chi connectivity index (χ3n) is 2.65. The largest absolute Gasteiger partial charge is 0.468 e. The zero-order valence-electron chi connectivity index (χ0n) is 12.3. The van der Waals surface area contributed by atoms with Crippen LogP contribution in [0, 0.1) is 0 Å². The Morgan fingerprint density at radius 3 is 2.11 bits per heavy atom. The highest BCUT2D eigenvalue weighted by molar-refractivity contribution is 5.79. The van der Waals surface area contributed by atoms with Crippen molar-refractivity contribution in [2.75, 3.05) is 47.3 Å². The fourth-order valence-electron chi connectivity index (χ4n) is 1.50. The summed E-state index contributed by atoms with van der Waals surface area (Å²) in [5.41, 5.74) is 4.88. The van der Waals surface area contributed by atoms with Gasteiger partial charge in [-0.1, -0.05) is 0 Å². The summed E-state index contributed by atoms with van der Waals surface area (Å²) in [5.74, 6) is -0.394. The topological polar surface area (TPSA) is 80.0 Å². The van der Waals surface area contributed by atoms with Gasteiger partial charge in [0.2, 0.25) is 0 Å². The molecular weight excluding hydrogens is 250 g/mol. The van der Waals surface area contributed by atoms with E-state index in [1.54, 1.807) is 14.0 Å². The normalized spacial score (nSPS) is 14.1. The van der Waals surface area contributed by atoms with Gasteiger partial charge >= 0.3 is 5.97 Å². The predicted molar refractivity (Wildman–Crippen MR) is 72.0 cm³/mol. The van der Waals surface area contributed by atoms with Gasteiger partial charge in [0.15, 0.2) is 0 Å². The fraction of sp³-hybridized carbons (Fsp3) is 0.923. The molecule has 0 aromatic rings. The first kappa shape index (κ1) is 18.3. The van der Waals surface area contributed by atoms with Crippen molar-refractivity contribution in [3.8, 4) is 0 Å². The van der Waals surface area contributed by atoms with Crippen molar-refractivity contribution >= 4 is 5.97 Å². The minimum Gasteiger partial charge on any atom is -0.468 e. The minimum absolute atomic E-state index is 0.394.